The Morgan fingerprint density at radius 1 is 1.05 bits per heavy atom. The Labute approximate surface area is 359 Å². The van der Waals surface area contributed by atoms with Gasteiger partial charge in [0.05, 0.1) is 12.8 Å². The van der Waals surface area contributed by atoms with Gasteiger partial charge in [0.15, 0.2) is 0 Å². The van der Waals surface area contributed by atoms with E-state index < -0.39 is 11.5 Å². The maximum absolute atomic E-state index is 13.1. The molecule has 60 heavy (non-hydrogen) atoms. The molecule has 4 aromatic rings. The van der Waals surface area contributed by atoms with E-state index in [0.29, 0.717) is 49.3 Å². The summed E-state index contributed by atoms with van der Waals surface area (Å²) in [4.78, 5) is 28.4. The Morgan fingerprint density at radius 2 is 1.87 bits per heavy atom. The van der Waals surface area contributed by atoms with Gasteiger partial charge >= 0.3 is 5.63 Å². The van der Waals surface area contributed by atoms with Crippen molar-refractivity contribution in [2.75, 3.05) is 37.0 Å². The third kappa shape index (κ3) is 9.08. The lowest BCUT2D eigenvalue weighted by Crippen LogP contribution is -2.47. The van der Waals surface area contributed by atoms with Crippen molar-refractivity contribution in [1.29, 1.82) is 0 Å². The SMILES string of the molecule is CC(C)(CCCCCCCl)c1cc(O)c2c(c1)OC(C)(C)[C@@H]1CC[C@@H](Cn3cc(COCCCCNC(=O)c4cc5cc6c7c(c5oc4=O)CCCN7CCC6)nn3)C[C@@H]21. The molecule has 2 N–H and O–H groups in total. The number of fused-ring (bicyclic) bond motifs is 5. The molecule has 0 spiro atoms. The highest BCUT2D eigenvalue weighted by Crippen LogP contribution is 2.56. The average molecular weight is 843 g/mol. The van der Waals surface area contributed by atoms with Crippen LogP contribution in [0.5, 0.6) is 11.5 Å². The van der Waals surface area contributed by atoms with Crippen LogP contribution in [-0.2, 0) is 36.1 Å². The summed E-state index contributed by atoms with van der Waals surface area (Å²) in [6, 6.07) is 8.02. The number of hydrogen-bond donors (Lipinski definition) is 2. The van der Waals surface area contributed by atoms with Crippen molar-refractivity contribution in [2.24, 2.45) is 11.8 Å². The van der Waals surface area contributed by atoms with Crippen LogP contribution < -0.4 is 20.6 Å². The smallest absolute Gasteiger partial charge is 0.349 e. The summed E-state index contributed by atoms with van der Waals surface area (Å²) in [5.74, 6) is 2.45. The molecule has 1 amide bonds. The molecule has 0 bridgehead atoms. The lowest BCUT2D eigenvalue weighted by atomic mass is 9.63. The number of alkyl halides is 1. The molecule has 3 atom stereocenters. The van der Waals surface area contributed by atoms with Gasteiger partial charge in [-0.3, -0.25) is 9.48 Å². The number of benzene rings is 2. The number of rotatable bonds is 17. The van der Waals surface area contributed by atoms with Crippen LogP contribution in [0.25, 0.3) is 11.0 Å². The van der Waals surface area contributed by atoms with Crippen LogP contribution in [0.2, 0.25) is 0 Å². The Balaban J connectivity index is 0.796. The van der Waals surface area contributed by atoms with E-state index in [2.05, 4.69) is 60.4 Å². The predicted molar refractivity (Wildman–Crippen MR) is 236 cm³/mol. The molecule has 0 radical (unpaired) electrons. The highest BCUT2D eigenvalue weighted by atomic mass is 35.5. The maximum Gasteiger partial charge on any atom is 0.349 e. The quantitative estimate of drug-likeness (QED) is 0.0607. The molecule has 0 unspecified atom stereocenters. The number of ether oxygens (including phenoxy) is 2. The standard InChI is InChI=1S/C48H64ClN5O6/c1-47(2,17-7-5-6-8-18-49)34-26-40(55)42-37-23-31(15-16-39(37)48(3,4)60-41(42)27-34)28-54-29-35(51-52-54)30-58-22-10-9-19-50-45(56)38-25-33-24-32-13-11-20-53-21-12-14-36(43(32)53)44(33)59-46(38)57/h24-27,29,31,37,39,55H,5-23,28,30H2,1-4H3,(H,50,56)/t31-,37-,39-/m1/s1. The number of hydrogen-bond acceptors (Lipinski definition) is 9. The summed E-state index contributed by atoms with van der Waals surface area (Å²) in [5, 5.41) is 24.1. The maximum atomic E-state index is 13.1. The Hall–Kier alpha value is -4.09. The summed E-state index contributed by atoms with van der Waals surface area (Å²) in [7, 11) is 0. The van der Waals surface area contributed by atoms with Gasteiger partial charge in [0.1, 0.15) is 33.9 Å². The summed E-state index contributed by atoms with van der Waals surface area (Å²) in [5.41, 5.74) is 6.24. The van der Waals surface area contributed by atoms with Gasteiger partial charge in [0, 0.05) is 66.8 Å². The van der Waals surface area contributed by atoms with E-state index in [9.17, 15) is 14.7 Å². The van der Waals surface area contributed by atoms with Crippen molar-refractivity contribution in [3.63, 3.8) is 0 Å². The van der Waals surface area contributed by atoms with Crippen molar-refractivity contribution in [1.82, 2.24) is 20.3 Å². The van der Waals surface area contributed by atoms with Crippen LogP contribution >= 0.6 is 11.6 Å². The van der Waals surface area contributed by atoms with Gasteiger partial charge in [-0.15, -0.1) is 16.7 Å². The average Bonchev–Trinajstić information content (AvgIpc) is 3.66. The van der Waals surface area contributed by atoms with Gasteiger partial charge in [-0.2, -0.15) is 0 Å². The molecule has 12 heteroatoms. The third-order valence-corrected chi connectivity index (χ3v) is 14.2. The minimum absolute atomic E-state index is 0.0546. The molecule has 4 aliphatic rings. The zero-order valence-corrected chi connectivity index (χ0v) is 36.9. The first kappa shape index (κ1) is 42.6. The summed E-state index contributed by atoms with van der Waals surface area (Å²) < 4.78 is 20.4. The third-order valence-electron chi connectivity index (χ3n) is 13.9. The number of amides is 1. The van der Waals surface area contributed by atoms with E-state index in [4.69, 9.17) is 25.5 Å². The van der Waals surface area contributed by atoms with E-state index in [1.165, 1.54) is 17.7 Å². The van der Waals surface area contributed by atoms with E-state index in [0.717, 1.165) is 136 Å². The fraction of sp³-hybridized carbons (Fsp3) is 0.625. The number of nitrogens with zero attached hydrogens (tertiary/aromatic N) is 4. The highest BCUT2D eigenvalue weighted by molar-refractivity contribution is 6.17. The fourth-order valence-corrected chi connectivity index (χ4v) is 10.9. The molecule has 11 nitrogen and oxygen atoms in total. The van der Waals surface area contributed by atoms with Crippen molar-refractivity contribution in [3.05, 3.63) is 74.4 Å². The van der Waals surface area contributed by atoms with Crippen LogP contribution in [-0.4, -0.2) is 63.7 Å². The number of aryl methyl sites for hydroxylation is 2. The predicted octanol–water partition coefficient (Wildman–Crippen LogP) is 9.35. The Bertz CT molecular complexity index is 2230. The number of phenolic OH excluding ortho intramolecular Hbond substituents is 1. The summed E-state index contributed by atoms with van der Waals surface area (Å²) >= 11 is 5.88. The number of aromatic hydroxyl groups is 1. The number of phenols is 1. The van der Waals surface area contributed by atoms with Crippen molar-refractivity contribution in [2.45, 2.75) is 148 Å². The molecule has 2 aromatic heterocycles. The molecule has 8 rings (SSSR count). The minimum Gasteiger partial charge on any atom is -0.508 e. The fourth-order valence-electron chi connectivity index (χ4n) is 10.7. The topological polar surface area (TPSA) is 132 Å². The van der Waals surface area contributed by atoms with Crippen LogP contribution in [0.1, 0.15) is 149 Å². The number of carbonyl (C=O) groups is 1. The zero-order valence-electron chi connectivity index (χ0n) is 36.1. The highest BCUT2D eigenvalue weighted by Gasteiger charge is 2.48. The van der Waals surface area contributed by atoms with E-state index >= 15 is 0 Å². The van der Waals surface area contributed by atoms with Gasteiger partial charge in [0.25, 0.3) is 5.91 Å². The number of halogens is 1. The van der Waals surface area contributed by atoms with Crippen molar-refractivity contribution >= 4 is 34.2 Å². The molecule has 1 saturated carbocycles. The normalized spacial score (nSPS) is 20.6. The Kier molecular flexibility index (Phi) is 12.8. The summed E-state index contributed by atoms with van der Waals surface area (Å²) in [6.07, 6.45) is 16.1. The number of carbonyl (C=O) groups excluding carboxylic acids is 1. The largest absolute Gasteiger partial charge is 0.508 e. The minimum atomic E-state index is -0.584. The molecule has 3 aliphatic heterocycles. The molecule has 324 valence electrons. The van der Waals surface area contributed by atoms with Crippen LogP contribution in [0.3, 0.4) is 0 Å². The first-order chi connectivity index (χ1) is 28.9. The van der Waals surface area contributed by atoms with E-state index in [-0.39, 0.29) is 22.5 Å². The second kappa shape index (κ2) is 18.1. The molecule has 0 saturated heterocycles. The zero-order chi connectivity index (χ0) is 42.0. The lowest BCUT2D eigenvalue weighted by molar-refractivity contribution is -0.0178. The van der Waals surface area contributed by atoms with Gasteiger partial charge in [0.2, 0.25) is 0 Å². The molecule has 2 aromatic carbocycles. The Morgan fingerprint density at radius 3 is 2.70 bits per heavy atom. The van der Waals surface area contributed by atoms with E-state index in [1.807, 2.05) is 16.9 Å². The van der Waals surface area contributed by atoms with Crippen molar-refractivity contribution < 1.29 is 23.8 Å². The number of nitrogens with one attached hydrogen (secondary N) is 1. The monoisotopic (exact) mass is 841 g/mol. The van der Waals surface area contributed by atoms with Gasteiger partial charge in [-0.1, -0.05) is 38.3 Å². The summed E-state index contributed by atoms with van der Waals surface area (Å²) in [6.45, 7) is 13.1. The molecule has 1 fully saturated rings. The second-order valence-corrected chi connectivity index (χ2v) is 19.5. The second-order valence-electron chi connectivity index (χ2n) is 19.1. The van der Waals surface area contributed by atoms with Gasteiger partial charge in [-0.25, -0.2) is 4.79 Å². The van der Waals surface area contributed by atoms with Crippen LogP contribution in [0.15, 0.2) is 39.7 Å². The number of aromatic nitrogens is 3. The van der Waals surface area contributed by atoms with Gasteiger partial charge in [-0.05, 0) is 137 Å². The van der Waals surface area contributed by atoms with E-state index in [1.54, 1.807) is 6.07 Å². The van der Waals surface area contributed by atoms with Crippen LogP contribution in [0, 0.1) is 11.8 Å². The molecular weight excluding hydrogens is 778 g/mol. The first-order valence-electron chi connectivity index (χ1n) is 22.7. The molecule has 5 heterocycles. The molecule has 1 aliphatic carbocycles. The van der Waals surface area contributed by atoms with Gasteiger partial charge < -0.3 is 29.2 Å². The lowest BCUT2D eigenvalue weighted by Gasteiger charge is -2.49. The van der Waals surface area contributed by atoms with Crippen LogP contribution in [0.4, 0.5) is 5.69 Å². The number of anilines is 1. The first-order valence-corrected chi connectivity index (χ1v) is 23.2. The number of unbranched alkanes of at least 4 members (excludes halogenated alkanes) is 4. The molecular formula is C48H64ClN5O6. The van der Waals surface area contributed by atoms with Crippen molar-refractivity contribution in [3.8, 4) is 11.5 Å².